The maximum atomic E-state index is 10.9. The first-order valence-electron chi connectivity index (χ1n) is 7.15. The van der Waals surface area contributed by atoms with Crippen molar-refractivity contribution in [2.75, 3.05) is 34.0 Å². The van der Waals surface area contributed by atoms with Gasteiger partial charge >= 0.3 is 0 Å². The van der Waals surface area contributed by atoms with E-state index in [-0.39, 0.29) is 0 Å². The van der Waals surface area contributed by atoms with Crippen LogP contribution < -0.4 is 5.11 Å². The summed E-state index contributed by atoms with van der Waals surface area (Å²) in [5.41, 5.74) is 0. The Morgan fingerprint density at radius 3 is 2.43 bits per heavy atom. The van der Waals surface area contributed by atoms with Crippen molar-refractivity contribution in [2.45, 2.75) is 0 Å². The van der Waals surface area contributed by atoms with E-state index >= 15 is 0 Å². The summed E-state index contributed by atoms with van der Waals surface area (Å²) < 4.78 is 75.4. The van der Waals surface area contributed by atoms with Gasteiger partial charge in [-0.3, -0.25) is 0 Å². The van der Waals surface area contributed by atoms with Crippen LogP contribution in [0.3, 0.4) is 0 Å². The standard InChI is InChI=1S/C5H13NO/c1-6(2,3)4-5-7/h4-5H2,1-3H3/i1D3,2D3,3D3,4D,5+1D. The first-order chi connectivity index (χ1) is 7.60. The predicted octanol–water partition coefficient (Wildman–Crippen LogP) is -0.947. The summed E-state index contributed by atoms with van der Waals surface area (Å²) >= 11 is 0. The van der Waals surface area contributed by atoms with Crippen molar-refractivity contribution in [1.29, 1.82) is 0 Å². The second-order valence-corrected chi connectivity index (χ2v) is 1.01. The zero-order valence-corrected chi connectivity index (χ0v) is 3.51. The van der Waals surface area contributed by atoms with E-state index in [1.165, 1.54) is 0 Å². The number of hydrogen-bond acceptors (Lipinski definition) is 1. The minimum atomic E-state index is -3.66. The van der Waals surface area contributed by atoms with E-state index in [1.54, 1.807) is 0 Å². The molecule has 0 aromatic rings. The molecule has 44 valence electrons. The van der Waals surface area contributed by atoms with Crippen molar-refractivity contribution in [3.8, 4) is 0 Å². The van der Waals surface area contributed by atoms with Gasteiger partial charge in [-0.25, -0.2) is 0 Å². The highest BCUT2D eigenvalue weighted by Gasteiger charge is 1.99. The molecule has 0 aliphatic rings. The molecular weight excluding hydrogens is 91.1 g/mol. The Morgan fingerprint density at radius 2 is 2.29 bits per heavy atom. The second-order valence-electron chi connectivity index (χ2n) is 1.01. The van der Waals surface area contributed by atoms with E-state index in [0.29, 0.717) is 0 Å². The molecule has 2 heteroatoms. The van der Waals surface area contributed by atoms with E-state index in [0.717, 1.165) is 0 Å². The molecule has 0 aliphatic heterocycles. The van der Waals surface area contributed by atoms with Crippen LogP contribution in [0.4, 0.5) is 0 Å². The van der Waals surface area contributed by atoms with Gasteiger partial charge in [0, 0.05) is 1.37 Å². The van der Waals surface area contributed by atoms with Gasteiger partial charge in [0.15, 0.2) is 0 Å². The molecule has 0 amide bonds. The molecule has 7 heavy (non-hydrogen) atoms. The second kappa shape index (κ2) is 2.28. The van der Waals surface area contributed by atoms with E-state index in [1.807, 2.05) is 0 Å². The third-order valence-corrected chi connectivity index (χ3v) is 0.284. The monoisotopic (exact) mass is 115 g/mol. The molecule has 0 N–H and O–H groups in total. The van der Waals surface area contributed by atoms with E-state index in [9.17, 15) is 5.11 Å². The first kappa shape index (κ1) is 0.847. The zero-order chi connectivity index (χ0) is 15.2. The third-order valence-electron chi connectivity index (χ3n) is 0.284. The molecule has 0 fully saturated rings. The Bertz CT molecular complexity index is 251. The van der Waals surface area contributed by atoms with Crippen LogP contribution >= 0.6 is 0 Å². The van der Waals surface area contributed by atoms with Crippen LogP contribution in [0.15, 0.2) is 0 Å². The number of likely N-dealkylation sites (N-methyl/N-ethyl adjacent to an activating group) is 1. The lowest BCUT2D eigenvalue weighted by Gasteiger charge is -2.25. The fourth-order valence-corrected chi connectivity index (χ4v) is 0.0913. The lowest BCUT2D eigenvalue weighted by Crippen LogP contribution is -2.39. The summed E-state index contributed by atoms with van der Waals surface area (Å²) in [6.45, 7) is -16.4. The van der Waals surface area contributed by atoms with Crippen LogP contribution in [0, 0.1) is 0 Å². The third kappa shape index (κ3) is 5.92. The van der Waals surface area contributed by atoms with Crippen molar-refractivity contribution in [2.24, 2.45) is 0 Å². The quantitative estimate of drug-likeness (QED) is 0.336. The maximum absolute atomic E-state index is 10.9. The molecule has 2 atom stereocenters. The zero-order valence-electron chi connectivity index (χ0n) is 14.5. The summed E-state index contributed by atoms with van der Waals surface area (Å²) in [6.07, 6.45) is 0. The molecule has 0 radical (unpaired) electrons. The summed E-state index contributed by atoms with van der Waals surface area (Å²) in [5.74, 6) is 0. The highest BCUT2D eigenvalue weighted by Crippen LogP contribution is 1.83. The summed E-state index contributed by atoms with van der Waals surface area (Å²) in [6, 6.07) is 0. The largest absolute Gasteiger partial charge is 0.850 e. The Kier molecular flexibility index (Phi) is 0.276. The van der Waals surface area contributed by atoms with E-state index in [2.05, 4.69) is 0 Å². The lowest BCUT2D eigenvalue weighted by molar-refractivity contribution is -0.875. The van der Waals surface area contributed by atoms with Crippen LogP contribution in [-0.2, 0) is 0 Å². The van der Waals surface area contributed by atoms with Crippen molar-refractivity contribution in [1.82, 2.24) is 0 Å². The van der Waals surface area contributed by atoms with Crippen LogP contribution in [0.1, 0.15) is 15.1 Å². The van der Waals surface area contributed by atoms with Crippen molar-refractivity contribution in [3.63, 3.8) is 0 Å². The average Bonchev–Trinajstić information content (AvgIpc) is 1.94. The summed E-state index contributed by atoms with van der Waals surface area (Å²) in [5, 5.41) is 10.9. The molecule has 0 rings (SSSR count). The maximum Gasteiger partial charge on any atom is 0.0909 e. The normalized spacial score (nSPS) is 49.6. The Hall–Kier alpha value is -0.0800. The van der Waals surface area contributed by atoms with Crippen LogP contribution in [0.5, 0.6) is 0 Å². The molecule has 0 saturated carbocycles. The smallest absolute Gasteiger partial charge is 0.0909 e. The van der Waals surface area contributed by atoms with Gasteiger partial charge in [-0.1, -0.05) is 6.58 Å². The SMILES string of the molecule is [2H]C([13CH]([2H])[O-])[N+](C([2H])([2H])[2H])(C([2H])([2H])[2H])C([2H])([2H])[2H]. The van der Waals surface area contributed by atoms with Crippen molar-refractivity contribution < 1.29 is 24.7 Å². The van der Waals surface area contributed by atoms with E-state index in [4.69, 9.17) is 15.1 Å². The van der Waals surface area contributed by atoms with Crippen LogP contribution in [0.25, 0.3) is 0 Å². The molecule has 2 unspecified atom stereocenters. The Balaban J connectivity index is 6.27. The molecule has 0 aliphatic carbocycles. The van der Waals surface area contributed by atoms with Gasteiger partial charge in [-0.05, 0) is 0 Å². The molecule has 0 saturated heterocycles. The fourth-order valence-electron chi connectivity index (χ4n) is 0.0913. The minimum absolute atomic E-state index is 2.70. The van der Waals surface area contributed by atoms with Gasteiger partial charge in [0.2, 0.25) is 0 Å². The predicted molar refractivity (Wildman–Crippen MR) is 27.8 cm³/mol. The molecule has 0 spiro atoms. The van der Waals surface area contributed by atoms with Gasteiger partial charge in [-0.15, -0.1) is 0 Å². The molecule has 0 aromatic carbocycles. The highest BCUT2D eigenvalue weighted by molar-refractivity contribution is 4.17. The van der Waals surface area contributed by atoms with Crippen LogP contribution in [0.2, 0.25) is 0 Å². The average molecular weight is 115 g/mol. The number of hydrogen-bond donors (Lipinski definition) is 0. The first-order valence-corrected chi connectivity index (χ1v) is 1.50. The molecule has 0 aromatic heterocycles. The summed E-state index contributed by atoms with van der Waals surface area (Å²) in [4.78, 5) is 0. The van der Waals surface area contributed by atoms with Gasteiger partial charge in [0.05, 0.1) is 41.2 Å². The number of rotatable bonds is 2. The molecule has 0 bridgehead atoms. The lowest BCUT2D eigenvalue weighted by atomic mass is 10.7. The molecule has 2 nitrogen and oxygen atoms in total. The summed E-state index contributed by atoms with van der Waals surface area (Å²) in [7, 11) is 0. The highest BCUT2D eigenvalue weighted by atomic mass is 16.3. The van der Waals surface area contributed by atoms with E-state index < -0.39 is 38.5 Å². The Labute approximate surface area is 60.4 Å². The molecular formula is C5H13NO. The van der Waals surface area contributed by atoms with Crippen LogP contribution in [-0.4, -0.2) is 38.5 Å². The topological polar surface area (TPSA) is 23.1 Å². The van der Waals surface area contributed by atoms with Gasteiger partial charge in [0.1, 0.15) is 0 Å². The Morgan fingerprint density at radius 1 is 1.71 bits per heavy atom. The van der Waals surface area contributed by atoms with Gasteiger partial charge in [-0.2, -0.15) is 0 Å². The fraction of sp³-hybridized carbons (Fsp3) is 1.00. The van der Waals surface area contributed by atoms with Gasteiger partial charge < -0.3 is 9.59 Å². The van der Waals surface area contributed by atoms with Crippen molar-refractivity contribution >= 4 is 0 Å². The number of quaternary nitrogens is 1. The van der Waals surface area contributed by atoms with Gasteiger partial charge in [0.25, 0.3) is 0 Å². The number of nitrogens with zero attached hydrogens (tertiary/aromatic N) is 1. The van der Waals surface area contributed by atoms with Crippen molar-refractivity contribution in [3.05, 3.63) is 0 Å². The molecule has 0 heterocycles. The minimum Gasteiger partial charge on any atom is -0.850 e.